The SMILES string of the molecule is CCCNC(=O)[C@@H](CC(=O)[C@H](CCCc1ccc(OC)cc1)[C@H](C)N(O)C=O)C(C)(C)C. The van der Waals surface area contributed by atoms with Crippen molar-refractivity contribution in [1.82, 2.24) is 10.4 Å². The summed E-state index contributed by atoms with van der Waals surface area (Å²) >= 11 is 0. The summed E-state index contributed by atoms with van der Waals surface area (Å²) in [7, 11) is 1.62. The van der Waals surface area contributed by atoms with E-state index in [9.17, 15) is 19.6 Å². The van der Waals surface area contributed by atoms with Crippen LogP contribution in [-0.2, 0) is 20.8 Å². The first-order valence-electron chi connectivity index (χ1n) is 11.4. The Morgan fingerprint density at radius 3 is 2.34 bits per heavy atom. The van der Waals surface area contributed by atoms with Crippen LogP contribution in [0.1, 0.15) is 65.9 Å². The zero-order valence-corrected chi connectivity index (χ0v) is 20.4. The fourth-order valence-electron chi connectivity index (χ4n) is 3.79. The van der Waals surface area contributed by atoms with Crippen LogP contribution in [0.25, 0.3) is 0 Å². The molecule has 0 unspecified atom stereocenters. The Balaban J connectivity index is 2.93. The minimum Gasteiger partial charge on any atom is -0.497 e. The third kappa shape index (κ3) is 8.61. The summed E-state index contributed by atoms with van der Waals surface area (Å²) in [6.07, 6.45) is 3.19. The number of aryl methyl sites for hydroxylation is 1. The quantitative estimate of drug-likeness (QED) is 0.255. The van der Waals surface area contributed by atoms with Crippen LogP contribution in [0.2, 0.25) is 0 Å². The van der Waals surface area contributed by atoms with E-state index in [-0.39, 0.29) is 18.1 Å². The second kappa shape index (κ2) is 13.2. The lowest BCUT2D eigenvalue weighted by Crippen LogP contribution is -2.43. The van der Waals surface area contributed by atoms with Crippen molar-refractivity contribution in [3.8, 4) is 5.75 Å². The highest BCUT2D eigenvalue weighted by Crippen LogP contribution is 2.32. The van der Waals surface area contributed by atoms with E-state index >= 15 is 0 Å². The maximum absolute atomic E-state index is 13.3. The number of carbonyl (C=O) groups excluding carboxylic acids is 3. The Labute approximate surface area is 192 Å². The van der Waals surface area contributed by atoms with Crippen LogP contribution in [0.4, 0.5) is 0 Å². The third-order valence-electron chi connectivity index (χ3n) is 5.98. The van der Waals surface area contributed by atoms with Crippen LogP contribution < -0.4 is 10.1 Å². The van der Waals surface area contributed by atoms with Gasteiger partial charge >= 0.3 is 0 Å². The summed E-state index contributed by atoms with van der Waals surface area (Å²) < 4.78 is 5.18. The molecule has 2 N–H and O–H groups in total. The van der Waals surface area contributed by atoms with Gasteiger partial charge in [0.05, 0.1) is 13.2 Å². The van der Waals surface area contributed by atoms with E-state index in [0.717, 1.165) is 24.2 Å². The number of nitrogens with zero attached hydrogens (tertiary/aromatic N) is 1. The summed E-state index contributed by atoms with van der Waals surface area (Å²) in [5.74, 6) is -0.506. The van der Waals surface area contributed by atoms with Gasteiger partial charge in [-0.2, -0.15) is 0 Å². The van der Waals surface area contributed by atoms with Gasteiger partial charge in [-0.05, 0) is 55.7 Å². The molecule has 0 bridgehead atoms. The van der Waals surface area contributed by atoms with Crippen molar-refractivity contribution in [3.63, 3.8) is 0 Å². The van der Waals surface area contributed by atoms with Crippen LogP contribution in [-0.4, -0.2) is 48.1 Å². The van der Waals surface area contributed by atoms with E-state index in [4.69, 9.17) is 4.74 Å². The number of rotatable bonds is 14. The lowest BCUT2D eigenvalue weighted by Gasteiger charge is -2.32. The van der Waals surface area contributed by atoms with Gasteiger partial charge in [0.2, 0.25) is 12.3 Å². The molecule has 0 aromatic heterocycles. The number of ether oxygens (including phenoxy) is 1. The number of hydrogen-bond acceptors (Lipinski definition) is 5. The topological polar surface area (TPSA) is 95.9 Å². The molecule has 7 nitrogen and oxygen atoms in total. The van der Waals surface area contributed by atoms with E-state index < -0.39 is 23.3 Å². The molecule has 0 radical (unpaired) electrons. The molecule has 0 aliphatic carbocycles. The first-order valence-corrected chi connectivity index (χ1v) is 11.4. The molecule has 0 fully saturated rings. The summed E-state index contributed by atoms with van der Waals surface area (Å²) in [6, 6.07) is 7.08. The highest BCUT2D eigenvalue weighted by molar-refractivity contribution is 5.89. The molecule has 180 valence electrons. The number of Topliss-reactive ketones (excluding diaryl/α,β-unsaturated/α-hetero) is 1. The fraction of sp³-hybridized carbons (Fsp3) is 0.640. The average Bonchev–Trinajstić information content (AvgIpc) is 2.77. The number of ketones is 1. The Morgan fingerprint density at radius 2 is 1.84 bits per heavy atom. The lowest BCUT2D eigenvalue weighted by atomic mass is 9.74. The number of carbonyl (C=O) groups is 3. The van der Waals surface area contributed by atoms with Gasteiger partial charge in [-0.25, -0.2) is 5.06 Å². The molecule has 0 saturated heterocycles. The van der Waals surface area contributed by atoms with Crippen LogP contribution in [0, 0.1) is 17.3 Å². The zero-order valence-electron chi connectivity index (χ0n) is 20.4. The van der Waals surface area contributed by atoms with E-state index in [1.165, 1.54) is 0 Å². The minimum atomic E-state index is -0.671. The summed E-state index contributed by atoms with van der Waals surface area (Å²) in [5.41, 5.74) is 0.723. The minimum absolute atomic E-state index is 0.0727. The summed E-state index contributed by atoms with van der Waals surface area (Å²) in [4.78, 5) is 37.2. The summed E-state index contributed by atoms with van der Waals surface area (Å²) in [6.45, 7) is 10.0. The van der Waals surface area contributed by atoms with Gasteiger partial charge in [0.15, 0.2) is 0 Å². The Kier molecular flexibility index (Phi) is 11.4. The highest BCUT2D eigenvalue weighted by atomic mass is 16.5. The van der Waals surface area contributed by atoms with Gasteiger partial charge in [0, 0.05) is 24.8 Å². The average molecular weight is 449 g/mol. The van der Waals surface area contributed by atoms with Crippen LogP contribution >= 0.6 is 0 Å². The van der Waals surface area contributed by atoms with E-state index in [1.54, 1.807) is 14.0 Å². The third-order valence-corrected chi connectivity index (χ3v) is 5.98. The number of hydrogen-bond donors (Lipinski definition) is 2. The molecule has 7 heteroatoms. The van der Waals surface area contributed by atoms with Crippen molar-refractivity contribution in [2.24, 2.45) is 17.3 Å². The van der Waals surface area contributed by atoms with Gasteiger partial charge in [-0.3, -0.25) is 19.6 Å². The standard InChI is InChI=1S/C25H40N2O5/c1-7-15-26-24(30)22(25(3,4)5)16-23(29)21(18(2)27(31)17-28)10-8-9-19-11-13-20(32-6)14-12-19/h11-14,17-18,21-22,31H,7-10,15-16H2,1-6H3,(H,26,30)/t18-,21+,22+/m0/s1. The smallest absolute Gasteiger partial charge is 0.233 e. The second-order valence-corrected chi connectivity index (χ2v) is 9.45. The van der Waals surface area contributed by atoms with E-state index in [1.807, 2.05) is 52.0 Å². The molecule has 1 aromatic carbocycles. The predicted octanol–water partition coefficient (Wildman–Crippen LogP) is 4.02. The monoisotopic (exact) mass is 448 g/mol. The molecule has 32 heavy (non-hydrogen) atoms. The largest absolute Gasteiger partial charge is 0.497 e. The van der Waals surface area contributed by atoms with Crippen molar-refractivity contribution < 1.29 is 24.3 Å². The number of methoxy groups -OCH3 is 1. The Morgan fingerprint density at radius 1 is 1.22 bits per heavy atom. The van der Waals surface area contributed by atoms with Gasteiger partial charge in [0.25, 0.3) is 0 Å². The number of nitrogens with one attached hydrogen (secondary N) is 1. The molecule has 0 aliphatic rings. The summed E-state index contributed by atoms with van der Waals surface area (Å²) in [5, 5.41) is 13.4. The molecule has 3 atom stereocenters. The molecule has 0 aliphatic heterocycles. The molecule has 0 spiro atoms. The predicted molar refractivity (Wildman–Crippen MR) is 124 cm³/mol. The van der Waals surface area contributed by atoms with Gasteiger partial charge in [0.1, 0.15) is 11.5 Å². The number of hydroxylamine groups is 2. The molecule has 2 amide bonds. The Bertz CT molecular complexity index is 727. The number of amides is 2. The maximum atomic E-state index is 13.3. The van der Waals surface area contributed by atoms with Gasteiger partial charge < -0.3 is 10.1 Å². The second-order valence-electron chi connectivity index (χ2n) is 9.45. The molecule has 0 heterocycles. The van der Waals surface area contributed by atoms with Crippen molar-refractivity contribution in [3.05, 3.63) is 29.8 Å². The normalized spacial score (nSPS) is 14.2. The number of benzene rings is 1. The highest BCUT2D eigenvalue weighted by Gasteiger charge is 2.37. The molecule has 1 rings (SSSR count). The first-order chi connectivity index (χ1) is 15.0. The molecular weight excluding hydrogens is 408 g/mol. The van der Waals surface area contributed by atoms with Crippen LogP contribution in [0.5, 0.6) is 5.75 Å². The van der Waals surface area contributed by atoms with Crippen molar-refractivity contribution >= 4 is 18.1 Å². The van der Waals surface area contributed by atoms with Gasteiger partial charge in [-0.1, -0.05) is 39.8 Å². The van der Waals surface area contributed by atoms with E-state index in [2.05, 4.69) is 5.32 Å². The fourth-order valence-corrected chi connectivity index (χ4v) is 3.79. The Hall–Kier alpha value is -2.41. The van der Waals surface area contributed by atoms with Crippen LogP contribution in [0.15, 0.2) is 24.3 Å². The van der Waals surface area contributed by atoms with Gasteiger partial charge in [-0.15, -0.1) is 0 Å². The molecular formula is C25H40N2O5. The lowest BCUT2D eigenvalue weighted by molar-refractivity contribution is -0.166. The van der Waals surface area contributed by atoms with Crippen molar-refractivity contribution in [1.29, 1.82) is 0 Å². The van der Waals surface area contributed by atoms with Crippen molar-refractivity contribution in [2.45, 2.75) is 72.8 Å². The molecule has 1 aromatic rings. The van der Waals surface area contributed by atoms with E-state index in [0.29, 0.717) is 30.9 Å². The first kappa shape index (κ1) is 27.6. The zero-order chi connectivity index (χ0) is 24.3. The van der Waals surface area contributed by atoms with Crippen LogP contribution in [0.3, 0.4) is 0 Å². The van der Waals surface area contributed by atoms with Crippen molar-refractivity contribution in [2.75, 3.05) is 13.7 Å². The molecule has 0 saturated carbocycles. The maximum Gasteiger partial charge on any atom is 0.233 e.